The molecule has 0 bridgehead atoms. The molecule has 0 saturated carbocycles. The van der Waals surface area contributed by atoms with Crippen LogP contribution in [0.25, 0.3) is 0 Å². The lowest BCUT2D eigenvalue weighted by Gasteiger charge is -1.86. The smallest absolute Gasteiger partial charge is 0.346 e. The molecular formula is C6H5IO2S. The second kappa shape index (κ2) is 2.87. The van der Waals surface area contributed by atoms with Crippen LogP contribution < -0.4 is 0 Å². The van der Waals surface area contributed by atoms with Crippen LogP contribution in [0.15, 0.2) is 6.07 Å². The maximum absolute atomic E-state index is 10.4. The van der Waals surface area contributed by atoms with Crippen LogP contribution in [0.4, 0.5) is 0 Å². The van der Waals surface area contributed by atoms with Gasteiger partial charge in [0.25, 0.3) is 0 Å². The first-order chi connectivity index (χ1) is 4.61. The van der Waals surface area contributed by atoms with E-state index in [4.69, 9.17) is 5.11 Å². The first kappa shape index (κ1) is 8.00. The second-order valence-electron chi connectivity index (χ2n) is 1.87. The minimum atomic E-state index is -0.828. The van der Waals surface area contributed by atoms with Crippen LogP contribution in [-0.2, 0) is 0 Å². The fourth-order valence-corrected chi connectivity index (χ4v) is 2.52. The van der Waals surface area contributed by atoms with Gasteiger partial charge in [0.05, 0.1) is 2.88 Å². The molecule has 1 aromatic rings. The summed E-state index contributed by atoms with van der Waals surface area (Å²) in [7, 11) is 0. The van der Waals surface area contributed by atoms with Crippen LogP contribution in [0.3, 0.4) is 0 Å². The fraction of sp³-hybridized carbons (Fsp3) is 0.167. The molecule has 0 atom stereocenters. The Morgan fingerprint density at radius 3 is 2.60 bits per heavy atom. The lowest BCUT2D eigenvalue weighted by Crippen LogP contribution is -1.93. The van der Waals surface area contributed by atoms with Crippen molar-refractivity contribution in [3.63, 3.8) is 0 Å². The second-order valence-corrected chi connectivity index (χ2v) is 4.81. The van der Waals surface area contributed by atoms with Crippen molar-refractivity contribution in [2.45, 2.75) is 6.92 Å². The van der Waals surface area contributed by atoms with Gasteiger partial charge in [-0.25, -0.2) is 4.79 Å². The quantitative estimate of drug-likeness (QED) is 0.794. The van der Waals surface area contributed by atoms with E-state index < -0.39 is 5.97 Å². The molecule has 0 amide bonds. The van der Waals surface area contributed by atoms with E-state index in [1.165, 1.54) is 11.3 Å². The summed E-state index contributed by atoms with van der Waals surface area (Å²) in [5, 5.41) is 8.59. The van der Waals surface area contributed by atoms with Crippen LogP contribution in [0.5, 0.6) is 0 Å². The van der Waals surface area contributed by atoms with E-state index in [-0.39, 0.29) is 0 Å². The van der Waals surface area contributed by atoms with Gasteiger partial charge in [0.15, 0.2) is 0 Å². The normalized spacial score (nSPS) is 9.80. The monoisotopic (exact) mass is 268 g/mol. The molecule has 0 aliphatic heterocycles. The first-order valence-electron chi connectivity index (χ1n) is 2.60. The van der Waals surface area contributed by atoms with Gasteiger partial charge in [-0.2, -0.15) is 0 Å². The molecule has 1 rings (SSSR count). The predicted octanol–water partition coefficient (Wildman–Crippen LogP) is 2.36. The summed E-state index contributed by atoms with van der Waals surface area (Å²) in [6, 6.07) is 1.87. The van der Waals surface area contributed by atoms with Crippen molar-refractivity contribution in [1.29, 1.82) is 0 Å². The van der Waals surface area contributed by atoms with Crippen LogP contribution in [0.2, 0.25) is 0 Å². The number of aromatic carboxylic acids is 1. The number of carbonyl (C=O) groups is 1. The largest absolute Gasteiger partial charge is 0.477 e. The van der Waals surface area contributed by atoms with Crippen molar-refractivity contribution < 1.29 is 9.90 Å². The molecule has 2 nitrogen and oxygen atoms in total. The van der Waals surface area contributed by atoms with Gasteiger partial charge in [0.1, 0.15) is 4.88 Å². The van der Waals surface area contributed by atoms with Gasteiger partial charge in [-0.3, -0.25) is 0 Å². The summed E-state index contributed by atoms with van der Waals surface area (Å²) in [5.41, 5.74) is 0.849. The van der Waals surface area contributed by atoms with Gasteiger partial charge in [-0.15, -0.1) is 11.3 Å². The number of carboxylic acid groups (broad SMARTS) is 1. The van der Waals surface area contributed by atoms with Gasteiger partial charge in [0, 0.05) is 0 Å². The van der Waals surface area contributed by atoms with Crippen LogP contribution >= 0.6 is 33.9 Å². The maximum atomic E-state index is 10.4. The Bertz CT molecular complexity index is 267. The van der Waals surface area contributed by atoms with Crippen molar-refractivity contribution in [2.75, 3.05) is 0 Å². The Morgan fingerprint density at radius 1 is 1.80 bits per heavy atom. The Morgan fingerprint density at radius 2 is 2.40 bits per heavy atom. The van der Waals surface area contributed by atoms with Crippen LogP contribution in [0, 0.1) is 9.81 Å². The molecule has 0 aliphatic rings. The lowest BCUT2D eigenvalue weighted by atomic mass is 10.3. The van der Waals surface area contributed by atoms with E-state index in [0.29, 0.717) is 4.88 Å². The zero-order valence-corrected chi connectivity index (χ0v) is 8.19. The fourth-order valence-electron chi connectivity index (χ4n) is 0.656. The predicted molar refractivity (Wildman–Crippen MR) is 48.7 cm³/mol. The molecule has 0 fully saturated rings. The van der Waals surface area contributed by atoms with E-state index >= 15 is 0 Å². The number of rotatable bonds is 1. The van der Waals surface area contributed by atoms with Crippen LogP contribution in [-0.4, -0.2) is 11.1 Å². The summed E-state index contributed by atoms with van der Waals surface area (Å²) in [6.07, 6.45) is 0. The summed E-state index contributed by atoms with van der Waals surface area (Å²) >= 11 is 3.42. The molecule has 0 spiro atoms. The topological polar surface area (TPSA) is 37.3 Å². The molecule has 0 saturated heterocycles. The number of carboxylic acids is 1. The number of halogens is 1. The van der Waals surface area contributed by atoms with Gasteiger partial charge in [-0.05, 0) is 41.1 Å². The Hall–Kier alpha value is -0.100. The van der Waals surface area contributed by atoms with Gasteiger partial charge in [0.2, 0.25) is 0 Å². The van der Waals surface area contributed by atoms with Crippen molar-refractivity contribution in [3.05, 3.63) is 19.4 Å². The van der Waals surface area contributed by atoms with Crippen molar-refractivity contribution in [3.8, 4) is 0 Å². The van der Waals surface area contributed by atoms with E-state index in [0.717, 1.165) is 8.45 Å². The Labute approximate surface area is 76.0 Å². The molecule has 0 aliphatic carbocycles. The van der Waals surface area contributed by atoms with Crippen LogP contribution in [0.1, 0.15) is 15.2 Å². The highest BCUT2D eigenvalue weighted by Crippen LogP contribution is 2.22. The van der Waals surface area contributed by atoms with Gasteiger partial charge < -0.3 is 5.11 Å². The third kappa shape index (κ3) is 1.49. The van der Waals surface area contributed by atoms with E-state index in [1.807, 2.05) is 13.0 Å². The van der Waals surface area contributed by atoms with E-state index in [2.05, 4.69) is 22.6 Å². The summed E-state index contributed by atoms with van der Waals surface area (Å²) < 4.78 is 1.02. The van der Waals surface area contributed by atoms with Gasteiger partial charge >= 0.3 is 5.97 Å². The average Bonchev–Trinajstić information content (AvgIpc) is 2.10. The molecular weight excluding hydrogens is 263 g/mol. The number of hydrogen-bond acceptors (Lipinski definition) is 2. The molecule has 1 N–H and O–H groups in total. The highest BCUT2D eigenvalue weighted by atomic mass is 127. The summed E-state index contributed by atoms with van der Waals surface area (Å²) in [4.78, 5) is 10.9. The van der Waals surface area contributed by atoms with Crippen molar-refractivity contribution in [1.82, 2.24) is 0 Å². The molecule has 0 unspecified atom stereocenters. The molecule has 54 valence electrons. The maximum Gasteiger partial charge on any atom is 0.346 e. The Balaban J connectivity index is 3.15. The van der Waals surface area contributed by atoms with E-state index in [1.54, 1.807) is 0 Å². The zero-order valence-electron chi connectivity index (χ0n) is 5.22. The first-order valence-corrected chi connectivity index (χ1v) is 4.50. The molecule has 1 heterocycles. The minimum absolute atomic E-state index is 0.449. The average molecular weight is 268 g/mol. The number of thiophene rings is 1. The highest BCUT2D eigenvalue weighted by molar-refractivity contribution is 14.1. The molecule has 0 aromatic carbocycles. The number of hydrogen-bond donors (Lipinski definition) is 1. The standard InChI is InChI=1S/C6H5IO2S/c1-3-2-4(7)10-5(3)6(8)9/h2H,1H3,(H,8,9). The van der Waals surface area contributed by atoms with Crippen molar-refractivity contribution >= 4 is 39.9 Å². The SMILES string of the molecule is Cc1cc(I)sc1C(=O)O. The minimum Gasteiger partial charge on any atom is -0.477 e. The lowest BCUT2D eigenvalue weighted by molar-refractivity contribution is 0.0701. The third-order valence-electron chi connectivity index (χ3n) is 1.08. The number of aryl methyl sites for hydroxylation is 1. The molecule has 1 aromatic heterocycles. The highest BCUT2D eigenvalue weighted by Gasteiger charge is 2.09. The molecule has 4 heteroatoms. The Kier molecular flexibility index (Phi) is 2.30. The third-order valence-corrected chi connectivity index (χ3v) is 3.07. The summed E-state index contributed by atoms with van der Waals surface area (Å²) in [5.74, 6) is -0.828. The van der Waals surface area contributed by atoms with Crippen molar-refractivity contribution in [2.24, 2.45) is 0 Å². The van der Waals surface area contributed by atoms with Gasteiger partial charge in [-0.1, -0.05) is 0 Å². The van der Waals surface area contributed by atoms with E-state index in [9.17, 15) is 4.79 Å². The molecule has 0 radical (unpaired) electrons. The zero-order chi connectivity index (χ0) is 7.72. The summed E-state index contributed by atoms with van der Waals surface area (Å²) in [6.45, 7) is 1.81. The molecule has 10 heavy (non-hydrogen) atoms.